The molecule has 0 saturated carbocycles. The van der Waals surface area contributed by atoms with Crippen LogP contribution in [0.15, 0.2) is 48.8 Å². The van der Waals surface area contributed by atoms with E-state index in [1.54, 1.807) is 23.0 Å². The summed E-state index contributed by atoms with van der Waals surface area (Å²) in [4.78, 5) is 4.19. The molecule has 0 aliphatic rings. The van der Waals surface area contributed by atoms with Crippen LogP contribution in [0.2, 0.25) is 5.15 Å². The molecular weight excluding hydrogens is 277 g/mol. The Morgan fingerprint density at radius 3 is 2.50 bits per heavy atom. The highest BCUT2D eigenvalue weighted by molar-refractivity contribution is 6.32. The Morgan fingerprint density at radius 1 is 1.10 bits per heavy atom. The van der Waals surface area contributed by atoms with Crippen LogP contribution in [0, 0.1) is 5.82 Å². The second-order valence-electron chi connectivity index (χ2n) is 4.44. The molecule has 0 saturated heterocycles. The van der Waals surface area contributed by atoms with Crippen LogP contribution in [-0.2, 0) is 7.05 Å². The predicted molar refractivity (Wildman–Crippen MR) is 76.8 cm³/mol. The number of aryl methyl sites for hydroxylation is 1. The van der Waals surface area contributed by atoms with Crippen LogP contribution >= 0.6 is 11.6 Å². The second kappa shape index (κ2) is 5.06. The summed E-state index contributed by atoms with van der Waals surface area (Å²) in [6.07, 6.45) is 3.51. The molecule has 0 N–H and O–H groups in total. The molecule has 0 amide bonds. The predicted octanol–water partition coefficient (Wildman–Crippen LogP) is 3.94. The van der Waals surface area contributed by atoms with Crippen LogP contribution in [-0.4, -0.2) is 14.8 Å². The lowest BCUT2D eigenvalue weighted by atomic mass is 10.1. The molecule has 3 nitrogen and oxygen atoms in total. The van der Waals surface area contributed by atoms with E-state index >= 15 is 0 Å². The minimum atomic E-state index is -0.263. The van der Waals surface area contributed by atoms with Crippen LogP contribution in [0.1, 0.15) is 0 Å². The van der Waals surface area contributed by atoms with Gasteiger partial charge in [-0.2, -0.15) is 5.10 Å². The Morgan fingerprint density at radius 2 is 1.85 bits per heavy atom. The van der Waals surface area contributed by atoms with Gasteiger partial charge in [0, 0.05) is 30.6 Å². The number of nitrogens with zero attached hydrogens (tertiary/aromatic N) is 3. The molecule has 0 fully saturated rings. The van der Waals surface area contributed by atoms with Crippen molar-refractivity contribution >= 4 is 11.6 Å². The van der Waals surface area contributed by atoms with Gasteiger partial charge in [-0.1, -0.05) is 23.7 Å². The lowest BCUT2D eigenvalue weighted by Gasteiger charge is -2.05. The van der Waals surface area contributed by atoms with Gasteiger partial charge in [-0.15, -0.1) is 0 Å². The molecule has 0 spiro atoms. The van der Waals surface area contributed by atoms with E-state index in [2.05, 4.69) is 10.1 Å². The van der Waals surface area contributed by atoms with Crippen molar-refractivity contribution in [3.63, 3.8) is 0 Å². The van der Waals surface area contributed by atoms with Crippen LogP contribution in [0.25, 0.3) is 22.4 Å². The molecule has 100 valence electrons. The van der Waals surface area contributed by atoms with Crippen molar-refractivity contribution in [3.8, 4) is 22.4 Å². The lowest BCUT2D eigenvalue weighted by Crippen LogP contribution is -1.90. The zero-order chi connectivity index (χ0) is 14.1. The molecule has 3 aromatic rings. The van der Waals surface area contributed by atoms with Gasteiger partial charge in [0.05, 0.1) is 5.69 Å². The minimum absolute atomic E-state index is 0.263. The smallest absolute Gasteiger partial charge is 0.138 e. The zero-order valence-corrected chi connectivity index (χ0v) is 11.5. The summed E-state index contributed by atoms with van der Waals surface area (Å²) in [5, 5.41) is 4.72. The number of hydrogen-bond donors (Lipinski definition) is 0. The highest BCUT2D eigenvalue weighted by Gasteiger charge is 2.10. The summed E-state index contributed by atoms with van der Waals surface area (Å²) >= 11 is 6.13. The maximum atomic E-state index is 13.0. The third-order valence-electron chi connectivity index (χ3n) is 3.01. The molecule has 3 rings (SSSR count). The quantitative estimate of drug-likeness (QED) is 0.668. The largest absolute Gasteiger partial charge is 0.275 e. The third-order valence-corrected chi connectivity index (χ3v) is 3.31. The number of pyridine rings is 1. The Kier molecular flexibility index (Phi) is 3.24. The van der Waals surface area contributed by atoms with Crippen molar-refractivity contribution in [1.82, 2.24) is 14.8 Å². The Labute approximate surface area is 120 Å². The third kappa shape index (κ3) is 2.42. The number of halogens is 2. The summed E-state index contributed by atoms with van der Waals surface area (Å²) < 4.78 is 14.7. The fourth-order valence-electron chi connectivity index (χ4n) is 1.99. The minimum Gasteiger partial charge on any atom is -0.275 e. The molecule has 0 aliphatic carbocycles. The topological polar surface area (TPSA) is 30.7 Å². The first-order chi connectivity index (χ1) is 9.63. The van der Waals surface area contributed by atoms with Crippen LogP contribution in [0.3, 0.4) is 0 Å². The van der Waals surface area contributed by atoms with Gasteiger partial charge in [0.15, 0.2) is 0 Å². The van der Waals surface area contributed by atoms with E-state index in [1.165, 1.54) is 12.1 Å². The Balaban J connectivity index is 2.08. The van der Waals surface area contributed by atoms with E-state index in [0.29, 0.717) is 5.15 Å². The van der Waals surface area contributed by atoms with Crippen molar-refractivity contribution in [3.05, 3.63) is 59.8 Å². The van der Waals surface area contributed by atoms with Gasteiger partial charge in [-0.05, 0) is 29.8 Å². The molecular formula is C15H11ClFN3. The molecule has 0 unspecified atom stereocenters. The first kappa shape index (κ1) is 12.8. The molecule has 2 heterocycles. The van der Waals surface area contributed by atoms with E-state index in [1.807, 2.05) is 25.4 Å². The highest BCUT2D eigenvalue weighted by atomic mass is 35.5. The maximum Gasteiger partial charge on any atom is 0.138 e. The molecule has 2 aromatic heterocycles. The number of rotatable bonds is 2. The van der Waals surface area contributed by atoms with Gasteiger partial charge in [0.25, 0.3) is 0 Å². The summed E-state index contributed by atoms with van der Waals surface area (Å²) in [6.45, 7) is 0. The summed E-state index contributed by atoms with van der Waals surface area (Å²) in [7, 11) is 1.84. The number of aromatic nitrogens is 3. The first-order valence-electron chi connectivity index (χ1n) is 6.05. The number of benzene rings is 1. The van der Waals surface area contributed by atoms with E-state index in [0.717, 1.165) is 22.4 Å². The van der Waals surface area contributed by atoms with Crippen molar-refractivity contribution < 1.29 is 4.39 Å². The maximum absolute atomic E-state index is 13.0. The van der Waals surface area contributed by atoms with Crippen molar-refractivity contribution in [2.24, 2.45) is 7.05 Å². The average Bonchev–Trinajstić information content (AvgIpc) is 2.87. The molecule has 0 aliphatic heterocycles. The van der Waals surface area contributed by atoms with Gasteiger partial charge in [-0.25, -0.2) is 9.37 Å². The molecule has 20 heavy (non-hydrogen) atoms. The highest BCUT2D eigenvalue weighted by Crippen LogP contribution is 2.29. The Bertz CT molecular complexity index is 750. The van der Waals surface area contributed by atoms with Crippen molar-refractivity contribution in [1.29, 1.82) is 0 Å². The van der Waals surface area contributed by atoms with Gasteiger partial charge < -0.3 is 0 Å². The fraction of sp³-hybridized carbons (Fsp3) is 0.0667. The van der Waals surface area contributed by atoms with E-state index in [4.69, 9.17) is 11.6 Å². The van der Waals surface area contributed by atoms with Crippen molar-refractivity contribution in [2.45, 2.75) is 0 Å². The molecule has 0 radical (unpaired) electrons. The normalized spacial score (nSPS) is 10.8. The molecule has 5 heteroatoms. The second-order valence-corrected chi connectivity index (χ2v) is 4.80. The monoisotopic (exact) mass is 287 g/mol. The summed E-state index contributed by atoms with van der Waals surface area (Å²) in [5.74, 6) is -0.263. The van der Waals surface area contributed by atoms with Crippen LogP contribution in [0.5, 0.6) is 0 Å². The SMILES string of the molecule is Cn1ccc(-c2cc(-c3ccc(F)cc3)cnc2Cl)n1. The molecule has 0 bridgehead atoms. The standard InChI is InChI=1S/C15H11ClFN3/c1-20-7-6-14(19-20)13-8-11(9-18-15(13)16)10-2-4-12(17)5-3-10/h2-9H,1H3. The van der Waals surface area contributed by atoms with Crippen LogP contribution < -0.4 is 0 Å². The summed E-state index contributed by atoms with van der Waals surface area (Å²) in [5.41, 5.74) is 3.27. The lowest BCUT2D eigenvalue weighted by molar-refractivity contribution is 0.628. The van der Waals surface area contributed by atoms with Crippen LogP contribution in [0.4, 0.5) is 4.39 Å². The van der Waals surface area contributed by atoms with E-state index in [9.17, 15) is 4.39 Å². The van der Waals surface area contributed by atoms with E-state index in [-0.39, 0.29) is 5.82 Å². The Hall–Kier alpha value is -2.20. The van der Waals surface area contributed by atoms with Gasteiger partial charge in [0.1, 0.15) is 11.0 Å². The zero-order valence-electron chi connectivity index (χ0n) is 10.7. The van der Waals surface area contributed by atoms with Gasteiger partial charge in [0.2, 0.25) is 0 Å². The van der Waals surface area contributed by atoms with Gasteiger partial charge >= 0.3 is 0 Å². The van der Waals surface area contributed by atoms with Gasteiger partial charge in [-0.3, -0.25) is 4.68 Å². The van der Waals surface area contributed by atoms with E-state index < -0.39 is 0 Å². The van der Waals surface area contributed by atoms with Crippen molar-refractivity contribution in [2.75, 3.05) is 0 Å². The fourth-order valence-corrected chi connectivity index (χ4v) is 2.19. The number of hydrogen-bond acceptors (Lipinski definition) is 2. The average molecular weight is 288 g/mol. The summed E-state index contributed by atoms with van der Waals surface area (Å²) in [6, 6.07) is 10.0. The molecule has 0 atom stereocenters. The molecule has 1 aromatic carbocycles. The first-order valence-corrected chi connectivity index (χ1v) is 6.43.